The molecule has 6 nitrogen and oxygen atoms in total. The number of methoxy groups -OCH3 is 3. The number of aliphatic carboxylic acids is 1. The number of ether oxygens (including phenoxy) is 3. The zero-order valence-corrected chi connectivity index (χ0v) is 13.8. The van der Waals surface area contributed by atoms with Crippen LogP contribution in [0.15, 0.2) is 12.1 Å². The van der Waals surface area contributed by atoms with Crippen molar-refractivity contribution in [3.63, 3.8) is 0 Å². The number of benzene rings is 1. The number of carboxylic acids is 1. The third-order valence-electron chi connectivity index (χ3n) is 3.49. The minimum Gasteiger partial charge on any atom is -0.493 e. The summed E-state index contributed by atoms with van der Waals surface area (Å²) in [7, 11) is 4.69. The summed E-state index contributed by atoms with van der Waals surface area (Å²) in [5, 5.41) is 12.2. The molecule has 2 N–H and O–H groups in total. The Morgan fingerprint density at radius 3 is 2.05 bits per heavy atom. The number of nitrogens with one attached hydrogen (secondary N) is 1. The predicted octanol–water partition coefficient (Wildman–Crippen LogP) is 2.30. The second-order valence-corrected chi connectivity index (χ2v) is 5.36. The lowest BCUT2D eigenvalue weighted by molar-refractivity contribution is -0.137. The van der Waals surface area contributed by atoms with Crippen molar-refractivity contribution >= 4 is 5.97 Å². The molecular formula is C16H25NO5. The molecule has 22 heavy (non-hydrogen) atoms. The fourth-order valence-corrected chi connectivity index (χ4v) is 2.22. The van der Waals surface area contributed by atoms with Gasteiger partial charge in [-0.05, 0) is 23.6 Å². The molecule has 1 atom stereocenters. The van der Waals surface area contributed by atoms with Crippen LogP contribution in [0.3, 0.4) is 0 Å². The molecule has 1 rings (SSSR count). The maximum absolute atomic E-state index is 10.9. The molecule has 0 fully saturated rings. The molecule has 0 aromatic heterocycles. The average Bonchev–Trinajstić information content (AvgIpc) is 2.49. The van der Waals surface area contributed by atoms with E-state index < -0.39 is 5.97 Å². The Balaban J connectivity index is 2.90. The molecular weight excluding hydrogens is 286 g/mol. The Hall–Kier alpha value is -1.95. The smallest absolute Gasteiger partial charge is 0.304 e. The first-order chi connectivity index (χ1) is 10.4. The summed E-state index contributed by atoms with van der Waals surface area (Å²) in [4.78, 5) is 10.9. The predicted molar refractivity (Wildman–Crippen MR) is 83.8 cm³/mol. The van der Waals surface area contributed by atoms with E-state index in [0.717, 1.165) is 5.56 Å². The van der Waals surface area contributed by atoms with Gasteiger partial charge < -0.3 is 24.6 Å². The fourth-order valence-electron chi connectivity index (χ4n) is 2.22. The minimum absolute atomic E-state index is 0.0854. The lowest BCUT2D eigenvalue weighted by Crippen LogP contribution is -2.35. The molecule has 0 heterocycles. The maximum atomic E-state index is 10.9. The minimum atomic E-state index is -0.809. The monoisotopic (exact) mass is 311 g/mol. The van der Waals surface area contributed by atoms with Crippen LogP contribution in [0.1, 0.15) is 25.8 Å². The fraction of sp³-hybridized carbons (Fsp3) is 0.562. The van der Waals surface area contributed by atoms with Gasteiger partial charge in [-0.3, -0.25) is 4.79 Å². The maximum Gasteiger partial charge on any atom is 0.304 e. The molecule has 124 valence electrons. The second kappa shape index (κ2) is 8.48. The summed E-state index contributed by atoms with van der Waals surface area (Å²) >= 11 is 0. The van der Waals surface area contributed by atoms with E-state index in [1.165, 1.54) is 0 Å². The van der Waals surface area contributed by atoms with Crippen molar-refractivity contribution in [2.75, 3.05) is 21.3 Å². The Bertz CT molecular complexity index is 476. The molecule has 0 saturated heterocycles. The average molecular weight is 311 g/mol. The molecule has 6 heteroatoms. The highest BCUT2D eigenvalue weighted by Gasteiger charge is 2.18. The van der Waals surface area contributed by atoms with Crippen molar-refractivity contribution < 1.29 is 24.1 Å². The number of hydrogen-bond acceptors (Lipinski definition) is 5. The van der Waals surface area contributed by atoms with Gasteiger partial charge in [-0.15, -0.1) is 0 Å². The largest absolute Gasteiger partial charge is 0.493 e. The van der Waals surface area contributed by atoms with Gasteiger partial charge in [0.05, 0.1) is 27.8 Å². The third kappa shape index (κ3) is 4.80. The molecule has 0 aliphatic heterocycles. The molecule has 0 saturated carbocycles. The highest BCUT2D eigenvalue weighted by atomic mass is 16.5. The van der Waals surface area contributed by atoms with E-state index in [0.29, 0.717) is 23.8 Å². The van der Waals surface area contributed by atoms with Crippen molar-refractivity contribution in [2.24, 2.45) is 5.92 Å². The van der Waals surface area contributed by atoms with Gasteiger partial charge in [0, 0.05) is 12.6 Å². The van der Waals surface area contributed by atoms with Gasteiger partial charge in [0.25, 0.3) is 0 Å². The van der Waals surface area contributed by atoms with E-state index in [9.17, 15) is 4.79 Å². The molecule has 1 aromatic rings. The van der Waals surface area contributed by atoms with Crippen LogP contribution < -0.4 is 19.5 Å². The molecule has 0 spiro atoms. The van der Waals surface area contributed by atoms with Crippen LogP contribution in [0.5, 0.6) is 17.2 Å². The first kappa shape index (κ1) is 18.1. The quantitative estimate of drug-likeness (QED) is 0.729. The number of rotatable bonds is 9. The summed E-state index contributed by atoms with van der Waals surface area (Å²) < 4.78 is 15.9. The first-order valence-electron chi connectivity index (χ1n) is 7.17. The zero-order chi connectivity index (χ0) is 16.7. The molecule has 0 aliphatic rings. The summed E-state index contributed by atoms with van der Waals surface area (Å²) in [5.41, 5.74) is 0.936. The van der Waals surface area contributed by atoms with E-state index in [2.05, 4.69) is 5.32 Å². The van der Waals surface area contributed by atoms with Crippen LogP contribution in [0, 0.1) is 5.92 Å². The first-order valence-corrected chi connectivity index (χ1v) is 7.17. The van der Waals surface area contributed by atoms with Gasteiger partial charge in [-0.25, -0.2) is 0 Å². The number of carbonyl (C=O) groups is 1. The molecule has 1 aromatic carbocycles. The molecule has 0 aliphatic carbocycles. The summed E-state index contributed by atoms with van der Waals surface area (Å²) in [6, 6.07) is 3.61. The SMILES string of the molecule is COc1cc(CNC(CC(=O)O)C(C)C)cc(OC)c1OC. The van der Waals surface area contributed by atoms with Crippen molar-refractivity contribution in [3.8, 4) is 17.2 Å². The molecule has 0 amide bonds. The van der Waals surface area contributed by atoms with E-state index in [1.807, 2.05) is 26.0 Å². The summed E-state index contributed by atoms with van der Waals surface area (Å²) in [6.45, 7) is 4.51. The summed E-state index contributed by atoms with van der Waals surface area (Å²) in [6.07, 6.45) is 0.0854. The van der Waals surface area contributed by atoms with E-state index in [-0.39, 0.29) is 18.4 Å². The lowest BCUT2D eigenvalue weighted by Gasteiger charge is -2.21. The topological polar surface area (TPSA) is 77.0 Å². The van der Waals surface area contributed by atoms with Crippen molar-refractivity contribution in [1.82, 2.24) is 5.32 Å². The van der Waals surface area contributed by atoms with Crippen LogP contribution >= 0.6 is 0 Å². The second-order valence-electron chi connectivity index (χ2n) is 5.36. The molecule has 1 unspecified atom stereocenters. The third-order valence-corrected chi connectivity index (χ3v) is 3.49. The van der Waals surface area contributed by atoms with E-state index in [1.54, 1.807) is 21.3 Å². The van der Waals surface area contributed by atoms with Crippen molar-refractivity contribution in [2.45, 2.75) is 32.9 Å². The highest BCUT2D eigenvalue weighted by Crippen LogP contribution is 2.38. The van der Waals surface area contributed by atoms with Gasteiger partial charge in [-0.2, -0.15) is 0 Å². The van der Waals surface area contributed by atoms with E-state index in [4.69, 9.17) is 19.3 Å². The normalized spacial score (nSPS) is 12.1. The van der Waals surface area contributed by atoms with Gasteiger partial charge in [0.1, 0.15) is 0 Å². The number of carboxylic acid groups (broad SMARTS) is 1. The standard InChI is InChI=1S/C16H25NO5/c1-10(2)12(8-15(18)19)17-9-11-6-13(20-3)16(22-5)14(7-11)21-4/h6-7,10,12,17H,8-9H2,1-5H3,(H,18,19). The van der Waals surface area contributed by atoms with Gasteiger partial charge in [0.2, 0.25) is 5.75 Å². The van der Waals surface area contributed by atoms with Crippen LogP contribution in [0.25, 0.3) is 0 Å². The molecule has 0 bridgehead atoms. The van der Waals surface area contributed by atoms with Crippen LogP contribution in [0.2, 0.25) is 0 Å². The number of hydrogen-bond donors (Lipinski definition) is 2. The van der Waals surface area contributed by atoms with Gasteiger partial charge in [-0.1, -0.05) is 13.8 Å². The van der Waals surface area contributed by atoms with Crippen LogP contribution in [-0.4, -0.2) is 38.4 Å². The van der Waals surface area contributed by atoms with Crippen LogP contribution in [0.4, 0.5) is 0 Å². The lowest BCUT2D eigenvalue weighted by atomic mass is 10.0. The Kier molecular flexibility index (Phi) is 6.98. The Morgan fingerprint density at radius 2 is 1.68 bits per heavy atom. The van der Waals surface area contributed by atoms with Crippen LogP contribution in [-0.2, 0) is 11.3 Å². The van der Waals surface area contributed by atoms with E-state index >= 15 is 0 Å². The van der Waals surface area contributed by atoms with Crippen molar-refractivity contribution in [1.29, 1.82) is 0 Å². The zero-order valence-electron chi connectivity index (χ0n) is 13.8. The Morgan fingerprint density at radius 1 is 1.14 bits per heavy atom. The van der Waals surface area contributed by atoms with Gasteiger partial charge >= 0.3 is 5.97 Å². The highest BCUT2D eigenvalue weighted by molar-refractivity contribution is 5.67. The Labute approximate surface area is 131 Å². The summed E-state index contributed by atoms with van der Waals surface area (Å²) in [5.74, 6) is 1.12. The molecule has 0 radical (unpaired) electrons. The van der Waals surface area contributed by atoms with Crippen molar-refractivity contribution in [3.05, 3.63) is 17.7 Å². The van der Waals surface area contributed by atoms with Gasteiger partial charge in [0.15, 0.2) is 11.5 Å².